The first-order chi connectivity index (χ1) is 18.2. The molecule has 0 fully saturated rings. The highest BCUT2D eigenvalue weighted by Gasteiger charge is 2.33. The normalized spacial score (nSPS) is 12.2. The van der Waals surface area contributed by atoms with Crippen LogP contribution < -0.4 is 39.6 Å². The smallest absolute Gasteiger partial charge is 0.134 e. The van der Waals surface area contributed by atoms with E-state index in [4.69, 9.17) is 23.7 Å². The molecule has 0 aliphatic carbocycles. The average Bonchev–Trinajstić information content (AvgIpc) is 2.93. The minimum Gasteiger partial charge on any atom is -0.507 e. The Morgan fingerprint density at radius 2 is 1.16 bits per heavy atom. The molecule has 200 valence electrons. The lowest BCUT2D eigenvalue weighted by atomic mass is 9.83. The molecule has 0 aromatic heterocycles. The highest BCUT2D eigenvalue weighted by molar-refractivity contribution is 7.80. The van der Waals surface area contributed by atoms with Gasteiger partial charge in [-0.25, -0.2) is 0 Å². The molecule has 0 saturated heterocycles. The maximum atomic E-state index is 12.1. The van der Waals surface area contributed by atoms with Crippen molar-refractivity contribution in [2.45, 2.75) is 26.2 Å². The van der Waals surface area contributed by atoms with Crippen molar-refractivity contribution in [1.82, 2.24) is 0 Å². The number of phenolic OH excluding ortho intramolecular Hbond substituents is 1. The molecule has 7 heteroatoms. The third-order valence-electron chi connectivity index (χ3n) is 6.58. The van der Waals surface area contributed by atoms with E-state index in [9.17, 15) is 5.11 Å². The summed E-state index contributed by atoms with van der Waals surface area (Å²) in [5.41, 5.74) is 0.876. The lowest BCUT2D eigenvalue weighted by Crippen LogP contribution is -2.26. The van der Waals surface area contributed by atoms with Crippen LogP contribution in [0.2, 0.25) is 0 Å². The van der Waals surface area contributed by atoms with Gasteiger partial charge in [0.1, 0.15) is 34.5 Å². The summed E-state index contributed by atoms with van der Waals surface area (Å²) in [5.74, 6) is 3.24. The number of methoxy groups -OCH3 is 5. The van der Waals surface area contributed by atoms with E-state index in [1.165, 1.54) is 0 Å². The van der Waals surface area contributed by atoms with E-state index in [0.717, 1.165) is 32.2 Å². The number of hydrogen-bond acceptors (Lipinski definition) is 6. The first-order valence-electron chi connectivity index (χ1n) is 12.3. The minimum absolute atomic E-state index is 0.185. The highest BCUT2D eigenvalue weighted by Crippen LogP contribution is 2.50. The third kappa shape index (κ3) is 4.81. The van der Waals surface area contributed by atoms with Gasteiger partial charge < -0.3 is 28.8 Å². The number of rotatable bonds is 8. The lowest BCUT2D eigenvalue weighted by molar-refractivity contribution is 0.380. The molecular formula is C31H35O6P. The largest absolute Gasteiger partial charge is 0.507 e. The van der Waals surface area contributed by atoms with Gasteiger partial charge in [0.25, 0.3) is 0 Å². The first kappa shape index (κ1) is 27.4. The van der Waals surface area contributed by atoms with Crippen molar-refractivity contribution >= 4 is 34.6 Å². The predicted octanol–water partition coefficient (Wildman–Crippen LogP) is 5.64. The summed E-state index contributed by atoms with van der Waals surface area (Å²) in [4.78, 5) is 0. The van der Waals surface area contributed by atoms with Crippen LogP contribution in [0.1, 0.15) is 26.3 Å². The van der Waals surface area contributed by atoms with E-state index in [1.807, 2.05) is 48.5 Å². The Balaban J connectivity index is 2.20. The molecule has 4 rings (SSSR count). The molecule has 0 spiro atoms. The number of benzene rings is 4. The lowest BCUT2D eigenvalue weighted by Gasteiger charge is -2.28. The fourth-order valence-electron chi connectivity index (χ4n) is 4.77. The molecule has 4 aromatic carbocycles. The van der Waals surface area contributed by atoms with Crippen LogP contribution in [0.15, 0.2) is 60.7 Å². The van der Waals surface area contributed by atoms with Gasteiger partial charge in [0.15, 0.2) is 0 Å². The minimum atomic E-state index is -1.52. The van der Waals surface area contributed by atoms with Crippen molar-refractivity contribution in [1.29, 1.82) is 0 Å². The van der Waals surface area contributed by atoms with Crippen molar-refractivity contribution in [3.63, 3.8) is 0 Å². The Labute approximate surface area is 225 Å². The van der Waals surface area contributed by atoms with E-state index >= 15 is 0 Å². The second-order valence-corrected chi connectivity index (χ2v) is 11.9. The summed E-state index contributed by atoms with van der Waals surface area (Å²) in [6.45, 7) is 6.44. The van der Waals surface area contributed by atoms with Gasteiger partial charge >= 0.3 is 0 Å². The van der Waals surface area contributed by atoms with Crippen LogP contribution in [-0.4, -0.2) is 40.7 Å². The molecule has 0 amide bonds. The Bertz CT molecular complexity index is 1410. The second kappa shape index (κ2) is 11.0. The molecule has 1 unspecified atom stereocenters. The number of phenols is 1. The molecule has 0 aliphatic heterocycles. The molecule has 6 nitrogen and oxygen atoms in total. The summed E-state index contributed by atoms with van der Waals surface area (Å²) in [7, 11) is 6.57. The van der Waals surface area contributed by atoms with Crippen molar-refractivity contribution in [2.24, 2.45) is 0 Å². The zero-order valence-corrected chi connectivity index (χ0v) is 24.1. The molecule has 1 atom stereocenters. The van der Waals surface area contributed by atoms with Crippen LogP contribution in [0.25, 0.3) is 10.8 Å². The molecule has 0 saturated carbocycles. The summed E-state index contributed by atoms with van der Waals surface area (Å²) in [5, 5.41) is 16.2. The fraction of sp³-hybridized carbons (Fsp3) is 0.290. The van der Waals surface area contributed by atoms with Crippen LogP contribution >= 0.6 is 7.92 Å². The van der Waals surface area contributed by atoms with Gasteiger partial charge in [-0.3, -0.25) is 0 Å². The number of fused-ring (bicyclic) bond motifs is 1. The standard InChI is InChI=1S/C31H35O6P/c1-31(2,3)21-12-9-11-19-15-16-26(28(32)27(19)21)38(29-22(34-5)13-10-14-23(29)35-6)30-24(36-7)17-20(33-4)18-25(30)37-8/h9-18,32H,1-8H3. The fourth-order valence-corrected chi connectivity index (χ4v) is 7.54. The van der Waals surface area contributed by atoms with E-state index in [1.54, 1.807) is 35.5 Å². The highest BCUT2D eigenvalue weighted by atomic mass is 31.1. The molecule has 38 heavy (non-hydrogen) atoms. The third-order valence-corrected chi connectivity index (χ3v) is 9.20. The van der Waals surface area contributed by atoms with Crippen LogP contribution in [-0.2, 0) is 5.41 Å². The van der Waals surface area contributed by atoms with Gasteiger partial charge in [0.05, 0.1) is 46.2 Å². The molecule has 0 bridgehead atoms. The predicted molar refractivity (Wildman–Crippen MR) is 156 cm³/mol. The Kier molecular flexibility index (Phi) is 7.94. The Morgan fingerprint density at radius 1 is 0.632 bits per heavy atom. The molecular weight excluding hydrogens is 499 g/mol. The SMILES string of the molecule is COc1cc(OC)c(P(c2ccc3cccc(C(C)(C)C)c3c2O)c2c(OC)cccc2OC)c(OC)c1. The quantitative estimate of drug-likeness (QED) is 0.295. The van der Waals surface area contributed by atoms with Crippen LogP contribution in [0.4, 0.5) is 0 Å². The van der Waals surface area contributed by atoms with Gasteiger partial charge in [-0.05, 0) is 34.6 Å². The molecule has 1 N–H and O–H groups in total. The van der Waals surface area contributed by atoms with Gasteiger partial charge in [-0.1, -0.05) is 51.1 Å². The zero-order valence-electron chi connectivity index (χ0n) is 23.2. The molecule has 4 aromatic rings. The van der Waals surface area contributed by atoms with E-state index in [2.05, 4.69) is 32.9 Å². The molecule has 0 radical (unpaired) electrons. The monoisotopic (exact) mass is 534 g/mol. The van der Waals surface area contributed by atoms with Crippen molar-refractivity contribution < 1.29 is 28.8 Å². The summed E-state index contributed by atoms with van der Waals surface area (Å²) >= 11 is 0. The average molecular weight is 535 g/mol. The van der Waals surface area contributed by atoms with Crippen molar-refractivity contribution in [2.75, 3.05) is 35.5 Å². The summed E-state index contributed by atoms with van der Waals surface area (Å²) in [6.07, 6.45) is 0. The van der Waals surface area contributed by atoms with E-state index in [-0.39, 0.29) is 11.2 Å². The van der Waals surface area contributed by atoms with Gasteiger partial charge in [0, 0.05) is 30.7 Å². The van der Waals surface area contributed by atoms with Gasteiger partial charge in [-0.2, -0.15) is 0 Å². The maximum absolute atomic E-state index is 12.1. The first-order valence-corrected chi connectivity index (χ1v) is 13.6. The molecule has 0 heterocycles. The van der Waals surface area contributed by atoms with Crippen LogP contribution in [0.5, 0.6) is 34.5 Å². The van der Waals surface area contributed by atoms with Gasteiger partial charge in [0.2, 0.25) is 0 Å². The van der Waals surface area contributed by atoms with E-state index < -0.39 is 7.92 Å². The van der Waals surface area contributed by atoms with Crippen LogP contribution in [0.3, 0.4) is 0 Å². The number of ether oxygens (including phenoxy) is 5. The summed E-state index contributed by atoms with van der Waals surface area (Å²) < 4.78 is 29.0. The van der Waals surface area contributed by atoms with Crippen molar-refractivity contribution in [3.8, 4) is 34.5 Å². The van der Waals surface area contributed by atoms with Gasteiger partial charge in [-0.15, -0.1) is 0 Å². The Morgan fingerprint density at radius 3 is 1.66 bits per heavy atom. The van der Waals surface area contributed by atoms with Crippen molar-refractivity contribution in [3.05, 3.63) is 66.2 Å². The van der Waals surface area contributed by atoms with Crippen LogP contribution in [0, 0.1) is 0 Å². The topological polar surface area (TPSA) is 66.4 Å². The van der Waals surface area contributed by atoms with E-state index in [0.29, 0.717) is 28.7 Å². The second-order valence-electron chi connectivity index (χ2n) is 9.81. The molecule has 0 aliphatic rings. The Hall–Kier alpha value is -3.63. The number of aromatic hydroxyl groups is 1. The number of hydrogen-bond donors (Lipinski definition) is 1. The maximum Gasteiger partial charge on any atom is 0.134 e. The summed E-state index contributed by atoms with van der Waals surface area (Å²) in [6, 6.07) is 19.5. The zero-order chi connectivity index (χ0) is 27.6.